The molecule has 0 radical (unpaired) electrons. The second kappa shape index (κ2) is 6.32. The molecule has 0 amide bonds. The van der Waals surface area contributed by atoms with Crippen molar-refractivity contribution in [1.29, 1.82) is 0 Å². The Morgan fingerprint density at radius 3 is 2.68 bits per heavy atom. The lowest BCUT2D eigenvalue weighted by atomic mass is 9.93. The highest BCUT2D eigenvalue weighted by atomic mass is 32.1. The predicted octanol–water partition coefficient (Wildman–Crippen LogP) is 3.99. The Labute approximate surface area is 153 Å². The molecular formula is C19H26N4OS. The normalized spacial score (nSPS) is 21.6. The van der Waals surface area contributed by atoms with Gasteiger partial charge in [-0.1, -0.05) is 20.8 Å². The van der Waals surface area contributed by atoms with Gasteiger partial charge in [0.25, 0.3) is 0 Å². The second-order valence-corrected chi connectivity index (χ2v) is 9.02. The molecule has 2 aliphatic rings. The van der Waals surface area contributed by atoms with Gasteiger partial charge in [-0.15, -0.1) is 11.3 Å². The fraction of sp³-hybridized carbons (Fsp3) is 0.632. The van der Waals surface area contributed by atoms with Gasteiger partial charge in [0, 0.05) is 35.0 Å². The zero-order valence-electron chi connectivity index (χ0n) is 15.5. The smallest absolute Gasteiger partial charge is 0.134 e. The van der Waals surface area contributed by atoms with Crippen molar-refractivity contribution >= 4 is 17.2 Å². The van der Waals surface area contributed by atoms with Gasteiger partial charge in [-0.3, -0.25) is 0 Å². The Kier molecular flexibility index (Phi) is 4.28. The van der Waals surface area contributed by atoms with Crippen LogP contribution in [0.15, 0.2) is 11.4 Å². The predicted molar refractivity (Wildman–Crippen MR) is 100 cm³/mol. The molecular weight excluding hydrogens is 332 g/mol. The number of aromatic nitrogens is 3. The molecule has 2 fully saturated rings. The minimum Gasteiger partial charge on any atom is -0.367 e. The number of nitrogens with zero attached hydrogens (tertiary/aromatic N) is 4. The number of hydrogen-bond acceptors (Lipinski definition) is 6. The average Bonchev–Trinajstić information content (AvgIpc) is 3.29. The van der Waals surface area contributed by atoms with Gasteiger partial charge >= 0.3 is 0 Å². The van der Waals surface area contributed by atoms with Gasteiger partial charge in [0.05, 0.1) is 18.8 Å². The van der Waals surface area contributed by atoms with E-state index in [4.69, 9.17) is 14.7 Å². The molecule has 4 rings (SSSR count). The van der Waals surface area contributed by atoms with Crippen LogP contribution in [-0.2, 0) is 10.2 Å². The molecule has 3 heterocycles. The molecule has 2 aromatic rings. The molecule has 0 unspecified atom stereocenters. The van der Waals surface area contributed by atoms with E-state index in [2.05, 4.69) is 49.0 Å². The lowest BCUT2D eigenvalue weighted by Crippen LogP contribution is -2.39. The number of aryl methyl sites for hydroxylation is 1. The molecule has 1 aliphatic carbocycles. The third-order valence-electron chi connectivity index (χ3n) is 4.76. The summed E-state index contributed by atoms with van der Waals surface area (Å²) in [5, 5.41) is 3.24. The maximum atomic E-state index is 6.02. The largest absolute Gasteiger partial charge is 0.367 e. The Morgan fingerprint density at radius 1 is 1.20 bits per heavy atom. The van der Waals surface area contributed by atoms with Crippen molar-refractivity contribution in [1.82, 2.24) is 15.0 Å². The summed E-state index contributed by atoms with van der Waals surface area (Å²) in [6, 6.07) is 2.09. The molecule has 1 aliphatic heterocycles. The number of anilines is 1. The highest BCUT2D eigenvalue weighted by molar-refractivity contribution is 7.09. The average molecular weight is 359 g/mol. The van der Waals surface area contributed by atoms with Gasteiger partial charge in [0.2, 0.25) is 0 Å². The van der Waals surface area contributed by atoms with Crippen LogP contribution in [0.2, 0.25) is 0 Å². The first-order valence-electron chi connectivity index (χ1n) is 9.08. The first-order valence-corrected chi connectivity index (χ1v) is 9.96. The minimum atomic E-state index is 0.0227. The van der Waals surface area contributed by atoms with Gasteiger partial charge in [0.15, 0.2) is 0 Å². The Balaban J connectivity index is 1.54. The summed E-state index contributed by atoms with van der Waals surface area (Å²) in [6.45, 7) is 11.0. The van der Waals surface area contributed by atoms with Crippen molar-refractivity contribution in [3.8, 4) is 0 Å². The van der Waals surface area contributed by atoms with Crippen LogP contribution in [-0.4, -0.2) is 34.6 Å². The molecule has 134 valence electrons. The lowest BCUT2D eigenvalue weighted by molar-refractivity contribution is 0.0392. The first-order chi connectivity index (χ1) is 11.9. The van der Waals surface area contributed by atoms with Gasteiger partial charge < -0.3 is 9.64 Å². The van der Waals surface area contributed by atoms with Crippen molar-refractivity contribution in [3.05, 3.63) is 33.7 Å². The van der Waals surface area contributed by atoms with Crippen LogP contribution in [0, 0.1) is 6.92 Å². The molecule has 1 saturated carbocycles. The van der Waals surface area contributed by atoms with Crippen LogP contribution < -0.4 is 4.90 Å². The molecule has 0 N–H and O–H groups in total. The van der Waals surface area contributed by atoms with Gasteiger partial charge in [-0.2, -0.15) is 0 Å². The Hall–Kier alpha value is -1.53. The summed E-state index contributed by atoms with van der Waals surface area (Å²) in [5.41, 5.74) is 2.27. The highest BCUT2D eigenvalue weighted by Crippen LogP contribution is 2.39. The zero-order chi connectivity index (χ0) is 17.6. The number of morpholine rings is 1. The summed E-state index contributed by atoms with van der Waals surface area (Å²) in [7, 11) is 0. The molecule has 5 nitrogen and oxygen atoms in total. The molecule has 6 heteroatoms. The molecule has 2 aromatic heterocycles. The van der Waals surface area contributed by atoms with Crippen LogP contribution in [0.3, 0.4) is 0 Å². The molecule has 0 spiro atoms. The quantitative estimate of drug-likeness (QED) is 0.830. The Bertz CT molecular complexity index is 763. The summed E-state index contributed by atoms with van der Waals surface area (Å²) in [6.07, 6.45) is 2.47. The molecule has 25 heavy (non-hydrogen) atoms. The molecule has 1 atom stereocenters. The standard InChI is InChI=1S/C19H26N4OS/c1-12-9-16(22-17(20-12)13-5-6-13)23-7-8-24-14(10-23)18-21-15(11-25-18)19(2,3)4/h9,11,13-14H,5-8,10H2,1-4H3/t14-/m1/s1. The SMILES string of the molecule is Cc1cc(N2CCO[C@@H](c3nc(C(C)(C)C)cs3)C2)nc(C2CC2)n1. The molecule has 1 saturated heterocycles. The van der Waals surface area contributed by atoms with E-state index in [1.165, 1.54) is 12.8 Å². The molecule has 0 bridgehead atoms. The lowest BCUT2D eigenvalue weighted by Gasteiger charge is -2.33. The highest BCUT2D eigenvalue weighted by Gasteiger charge is 2.30. The van der Waals surface area contributed by atoms with Gasteiger partial charge in [-0.25, -0.2) is 15.0 Å². The third kappa shape index (κ3) is 3.70. The van der Waals surface area contributed by atoms with Crippen LogP contribution in [0.25, 0.3) is 0 Å². The van der Waals surface area contributed by atoms with E-state index >= 15 is 0 Å². The maximum absolute atomic E-state index is 6.02. The number of thiazole rings is 1. The topological polar surface area (TPSA) is 51.1 Å². The third-order valence-corrected chi connectivity index (χ3v) is 5.69. The first kappa shape index (κ1) is 16.9. The fourth-order valence-electron chi connectivity index (χ4n) is 3.05. The van der Waals surface area contributed by atoms with E-state index in [-0.39, 0.29) is 11.5 Å². The maximum Gasteiger partial charge on any atom is 0.134 e. The monoisotopic (exact) mass is 358 g/mol. The summed E-state index contributed by atoms with van der Waals surface area (Å²) < 4.78 is 6.02. The minimum absolute atomic E-state index is 0.0227. The van der Waals surface area contributed by atoms with Gasteiger partial charge in [-0.05, 0) is 19.8 Å². The van der Waals surface area contributed by atoms with E-state index in [0.717, 1.165) is 41.1 Å². The second-order valence-electron chi connectivity index (χ2n) is 8.13. The molecule has 0 aromatic carbocycles. The van der Waals surface area contributed by atoms with Crippen molar-refractivity contribution in [2.45, 2.75) is 58.0 Å². The van der Waals surface area contributed by atoms with E-state index in [1.807, 2.05) is 0 Å². The van der Waals surface area contributed by atoms with Crippen molar-refractivity contribution in [3.63, 3.8) is 0 Å². The summed E-state index contributed by atoms with van der Waals surface area (Å²) >= 11 is 1.71. The van der Waals surface area contributed by atoms with Crippen molar-refractivity contribution in [2.24, 2.45) is 0 Å². The fourth-order valence-corrected chi connectivity index (χ4v) is 4.13. The number of rotatable bonds is 3. The summed E-state index contributed by atoms with van der Waals surface area (Å²) in [5.74, 6) is 2.63. The van der Waals surface area contributed by atoms with Crippen LogP contribution in [0.5, 0.6) is 0 Å². The van der Waals surface area contributed by atoms with E-state index in [1.54, 1.807) is 11.3 Å². The van der Waals surface area contributed by atoms with Crippen molar-refractivity contribution in [2.75, 3.05) is 24.6 Å². The van der Waals surface area contributed by atoms with E-state index in [0.29, 0.717) is 12.5 Å². The van der Waals surface area contributed by atoms with Crippen LogP contribution in [0.1, 0.15) is 67.9 Å². The van der Waals surface area contributed by atoms with E-state index < -0.39 is 0 Å². The number of ether oxygens (including phenoxy) is 1. The van der Waals surface area contributed by atoms with E-state index in [9.17, 15) is 0 Å². The number of hydrogen-bond donors (Lipinski definition) is 0. The zero-order valence-corrected chi connectivity index (χ0v) is 16.3. The summed E-state index contributed by atoms with van der Waals surface area (Å²) in [4.78, 5) is 16.6. The Morgan fingerprint density at radius 2 is 2.00 bits per heavy atom. The van der Waals surface area contributed by atoms with Crippen LogP contribution >= 0.6 is 11.3 Å². The van der Waals surface area contributed by atoms with Gasteiger partial charge in [0.1, 0.15) is 22.8 Å². The van der Waals surface area contributed by atoms with Crippen LogP contribution in [0.4, 0.5) is 5.82 Å². The van der Waals surface area contributed by atoms with Crippen molar-refractivity contribution < 1.29 is 4.74 Å².